The first-order chi connectivity index (χ1) is 13.8. The molecule has 0 unspecified atom stereocenters. The van der Waals surface area contributed by atoms with E-state index in [-0.39, 0.29) is 37.5 Å². The van der Waals surface area contributed by atoms with Gasteiger partial charge in [-0.15, -0.1) is 12.4 Å². The van der Waals surface area contributed by atoms with Gasteiger partial charge in [-0.05, 0) is 37.6 Å². The standard InChI is InChI=1S/C19H24F4N4O2S.ClH/c1-12-16(13(2)27(25-12)11-15(20)7-8-24)9-14-5-6-18(30(28,29)26(3)4)17(10-14)19(21,22)23;/h5-7,10H,8-9,11,24H2,1-4H3;1H/b15-7-;. The van der Waals surface area contributed by atoms with Crippen molar-refractivity contribution in [3.05, 3.63) is 58.2 Å². The number of allylic oxidation sites excluding steroid dienone is 1. The summed E-state index contributed by atoms with van der Waals surface area (Å²) in [6, 6.07) is 3.14. The summed E-state index contributed by atoms with van der Waals surface area (Å²) in [5.41, 5.74) is 6.12. The minimum atomic E-state index is -4.85. The van der Waals surface area contributed by atoms with E-state index >= 15 is 0 Å². The molecule has 2 N–H and O–H groups in total. The van der Waals surface area contributed by atoms with Gasteiger partial charge in [0.1, 0.15) is 5.83 Å². The van der Waals surface area contributed by atoms with Crippen LogP contribution in [-0.4, -0.2) is 43.1 Å². The molecule has 0 radical (unpaired) electrons. The fourth-order valence-corrected chi connectivity index (χ4v) is 4.10. The number of sulfonamides is 1. The number of nitrogens with zero attached hydrogens (tertiary/aromatic N) is 3. The SMILES string of the molecule is Cc1nn(C/C(F)=C/CN)c(C)c1Cc1ccc(S(=O)(=O)N(C)C)c(C(F)(F)F)c1.Cl. The first-order valence-electron chi connectivity index (χ1n) is 8.99. The zero-order chi connectivity index (χ0) is 22.9. The third-order valence-corrected chi connectivity index (χ3v) is 6.53. The Hall–Kier alpha value is -1.95. The number of aromatic nitrogens is 2. The minimum Gasteiger partial charge on any atom is -0.327 e. The maximum absolute atomic E-state index is 13.8. The Morgan fingerprint density at radius 1 is 1.26 bits per heavy atom. The lowest BCUT2D eigenvalue weighted by atomic mass is 10.0. The van der Waals surface area contributed by atoms with Gasteiger partial charge in [-0.3, -0.25) is 4.68 Å². The number of halogens is 5. The smallest absolute Gasteiger partial charge is 0.327 e. The van der Waals surface area contributed by atoms with Crippen LogP contribution < -0.4 is 5.73 Å². The first-order valence-corrected chi connectivity index (χ1v) is 10.4. The Kier molecular flexibility index (Phi) is 8.84. The van der Waals surface area contributed by atoms with Gasteiger partial charge < -0.3 is 5.73 Å². The topological polar surface area (TPSA) is 81.2 Å². The van der Waals surface area contributed by atoms with Crippen molar-refractivity contribution in [3.63, 3.8) is 0 Å². The van der Waals surface area contributed by atoms with Crippen LogP contribution in [-0.2, 0) is 29.2 Å². The average Bonchev–Trinajstić information content (AvgIpc) is 2.88. The van der Waals surface area contributed by atoms with Crippen LogP contribution in [0.2, 0.25) is 0 Å². The van der Waals surface area contributed by atoms with Gasteiger partial charge in [0.15, 0.2) is 0 Å². The maximum atomic E-state index is 13.8. The summed E-state index contributed by atoms with van der Waals surface area (Å²) in [6.45, 7) is 3.29. The molecule has 1 aromatic carbocycles. The molecule has 0 aliphatic rings. The third kappa shape index (κ3) is 6.06. The van der Waals surface area contributed by atoms with Gasteiger partial charge in [0.2, 0.25) is 10.0 Å². The van der Waals surface area contributed by atoms with Gasteiger partial charge in [-0.2, -0.15) is 18.3 Å². The second-order valence-electron chi connectivity index (χ2n) is 6.99. The molecule has 0 atom stereocenters. The van der Waals surface area contributed by atoms with E-state index in [4.69, 9.17) is 5.73 Å². The summed E-state index contributed by atoms with van der Waals surface area (Å²) in [5, 5.41) is 4.25. The van der Waals surface area contributed by atoms with E-state index in [0.717, 1.165) is 16.4 Å². The van der Waals surface area contributed by atoms with Crippen LogP contribution in [0.1, 0.15) is 28.1 Å². The summed E-state index contributed by atoms with van der Waals surface area (Å²) in [7, 11) is -1.93. The zero-order valence-corrected chi connectivity index (χ0v) is 19.1. The summed E-state index contributed by atoms with van der Waals surface area (Å²) >= 11 is 0. The van der Waals surface area contributed by atoms with Gasteiger partial charge in [-0.1, -0.05) is 6.07 Å². The van der Waals surface area contributed by atoms with Gasteiger partial charge in [0, 0.05) is 38.3 Å². The molecule has 0 saturated heterocycles. The van der Waals surface area contributed by atoms with E-state index in [1.54, 1.807) is 13.8 Å². The van der Waals surface area contributed by atoms with E-state index in [9.17, 15) is 26.0 Å². The van der Waals surface area contributed by atoms with Crippen LogP contribution in [0.5, 0.6) is 0 Å². The molecule has 12 heteroatoms. The first kappa shape index (κ1) is 27.1. The third-order valence-electron chi connectivity index (χ3n) is 4.66. The summed E-state index contributed by atoms with van der Waals surface area (Å²) in [4.78, 5) is -0.804. The average molecular weight is 485 g/mol. The molecule has 0 amide bonds. The van der Waals surface area contributed by atoms with Crippen molar-refractivity contribution < 1.29 is 26.0 Å². The number of hydrogen-bond acceptors (Lipinski definition) is 4. The molecule has 0 fully saturated rings. The molecule has 31 heavy (non-hydrogen) atoms. The summed E-state index contributed by atoms with van der Waals surface area (Å²) in [5.74, 6) is -0.466. The Bertz CT molecular complexity index is 1060. The second-order valence-corrected chi connectivity index (χ2v) is 9.11. The predicted molar refractivity (Wildman–Crippen MR) is 112 cm³/mol. The molecule has 1 heterocycles. The maximum Gasteiger partial charge on any atom is 0.417 e. The largest absolute Gasteiger partial charge is 0.417 e. The van der Waals surface area contributed by atoms with E-state index in [0.29, 0.717) is 17.0 Å². The van der Waals surface area contributed by atoms with Gasteiger partial charge in [-0.25, -0.2) is 17.1 Å². The molecule has 6 nitrogen and oxygen atoms in total. The van der Waals surface area contributed by atoms with E-state index in [1.165, 1.54) is 30.9 Å². The van der Waals surface area contributed by atoms with Gasteiger partial charge in [0.05, 0.1) is 22.7 Å². The number of nitrogens with two attached hydrogens (primary N) is 1. The highest BCUT2D eigenvalue weighted by atomic mass is 35.5. The lowest BCUT2D eigenvalue weighted by Gasteiger charge is -2.18. The van der Waals surface area contributed by atoms with Crippen LogP contribution in [0.3, 0.4) is 0 Å². The van der Waals surface area contributed by atoms with Crippen LogP contribution in [0, 0.1) is 13.8 Å². The zero-order valence-electron chi connectivity index (χ0n) is 17.5. The fraction of sp³-hybridized carbons (Fsp3) is 0.421. The molecular formula is C19H25ClF4N4O2S. The molecule has 0 aliphatic carbocycles. The molecule has 0 bridgehead atoms. The monoisotopic (exact) mass is 484 g/mol. The summed E-state index contributed by atoms with van der Waals surface area (Å²) < 4.78 is 81.3. The molecule has 0 aliphatic heterocycles. The number of aryl methyl sites for hydroxylation is 1. The highest BCUT2D eigenvalue weighted by Crippen LogP contribution is 2.36. The number of benzene rings is 1. The van der Waals surface area contributed by atoms with Crippen molar-refractivity contribution in [2.45, 2.75) is 37.9 Å². The molecule has 0 spiro atoms. The Morgan fingerprint density at radius 3 is 2.39 bits per heavy atom. The molecule has 2 aromatic rings. The Morgan fingerprint density at radius 2 is 1.87 bits per heavy atom. The number of hydrogen-bond donors (Lipinski definition) is 1. The van der Waals surface area contributed by atoms with Crippen LogP contribution >= 0.6 is 12.4 Å². The lowest BCUT2D eigenvalue weighted by Crippen LogP contribution is -2.25. The highest BCUT2D eigenvalue weighted by Gasteiger charge is 2.38. The summed E-state index contributed by atoms with van der Waals surface area (Å²) in [6.07, 6.45) is -3.54. The van der Waals surface area contributed by atoms with Crippen molar-refractivity contribution in [3.8, 4) is 0 Å². The Labute approximate surface area is 185 Å². The quantitative estimate of drug-likeness (QED) is 0.609. The van der Waals surface area contributed by atoms with Crippen molar-refractivity contribution in [2.75, 3.05) is 20.6 Å². The van der Waals surface area contributed by atoms with E-state index in [1.807, 2.05) is 0 Å². The van der Waals surface area contributed by atoms with Crippen LogP contribution in [0.25, 0.3) is 0 Å². The minimum absolute atomic E-state index is 0. The van der Waals surface area contributed by atoms with Crippen LogP contribution in [0.15, 0.2) is 35.0 Å². The van der Waals surface area contributed by atoms with Crippen molar-refractivity contribution in [1.82, 2.24) is 14.1 Å². The molecule has 2 rings (SSSR count). The fourth-order valence-electron chi connectivity index (χ4n) is 3.01. The van der Waals surface area contributed by atoms with E-state index in [2.05, 4.69) is 5.10 Å². The predicted octanol–water partition coefficient (Wildman–Crippen LogP) is 3.59. The number of alkyl halides is 3. The molecule has 1 aromatic heterocycles. The Balaban J connectivity index is 0.00000480. The van der Waals surface area contributed by atoms with Crippen molar-refractivity contribution in [1.29, 1.82) is 0 Å². The van der Waals surface area contributed by atoms with Gasteiger partial charge >= 0.3 is 6.18 Å². The lowest BCUT2D eigenvalue weighted by molar-refractivity contribution is -0.140. The molecule has 174 valence electrons. The van der Waals surface area contributed by atoms with Gasteiger partial charge in [0.25, 0.3) is 0 Å². The van der Waals surface area contributed by atoms with E-state index < -0.39 is 32.5 Å². The van der Waals surface area contributed by atoms with Crippen molar-refractivity contribution >= 4 is 22.4 Å². The molecule has 0 saturated carbocycles. The molecular weight excluding hydrogens is 460 g/mol. The highest BCUT2D eigenvalue weighted by molar-refractivity contribution is 7.89. The normalized spacial score (nSPS) is 12.9. The van der Waals surface area contributed by atoms with Crippen molar-refractivity contribution in [2.24, 2.45) is 5.73 Å². The second kappa shape index (κ2) is 10.1. The number of rotatable bonds is 7. The van der Waals surface area contributed by atoms with Crippen LogP contribution in [0.4, 0.5) is 17.6 Å².